The molecule has 3 aromatic rings. The zero-order valence-electron chi connectivity index (χ0n) is 14.8. The van der Waals surface area contributed by atoms with Crippen molar-refractivity contribution in [2.45, 2.75) is 19.4 Å². The van der Waals surface area contributed by atoms with E-state index in [0.29, 0.717) is 5.57 Å². The van der Waals surface area contributed by atoms with Crippen molar-refractivity contribution >= 4 is 16.7 Å². The zero-order valence-corrected chi connectivity index (χ0v) is 14.8. The molecule has 0 aliphatic heterocycles. The van der Waals surface area contributed by atoms with Crippen molar-refractivity contribution in [3.8, 4) is 23.0 Å². The highest BCUT2D eigenvalue weighted by Gasteiger charge is 2.43. The number of hydrogen-bond acceptors (Lipinski definition) is 2. The van der Waals surface area contributed by atoms with E-state index in [-0.39, 0.29) is 0 Å². The molecule has 1 atom stereocenters. The minimum Gasteiger partial charge on any atom is -0.434 e. The number of ether oxygens (including phenoxy) is 1. The Hall–Kier alpha value is -3.31. The fourth-order valence-corrected chi connectivity index (χ4v) is 3.70. The summed E-state index contributed by atoms with van der Waals surface area (Å²) >= 11 is 0. The van der Waals surface area contributed by atoms with Gasteiger partial charge in [0.05, 0.1) is 0 Å². The molecule has 4 rings (SSSR count). The molecule has 0 saturated heterocycles. The minimum atomic E-state index is -1.14. The Morgan fingerprint density at radius 2 is 1.62 bits per heavy atom. The lowest BCUT2D eigenvalue weighted by atomic mass is 9.74. The third-order valence-corrected chi connectivity index (χ3v) is 4.78. The number of carbonyl (C=O) groups excluding carboxylic acids is 1. The summed E-state index contributed by atoms with van der Waals surface area (Å²) in [6.45, 7) is 7.15. The highest BCUT2D eigenvalue weighted by molar-refractivity contribution is 6.04. The topological polar surface area (TPSA) is 26.3 Å². The van der Waals surface area contributed by atoms with Gasteiger partial charge in [-0.05, 0) is 41.7 Å². The summed E-state index contributed by atoms with van der Waals surface area (Å²) in [6.07, 6.45) is 0. The molecular formula is C24H18O2. The van der Waals surface area contributed by atoms with Crippen LogP contribution in [0.15, 0.2) is 72.8 Å². The molecule has 26 heavy (non-hydrogen) atoms. The van der Waals surface area contributed by atoms with Crippen molar-refractivity contribution in [1.29, 1.82) is 0 Å². The molecule has 0 amide bonds. The number of benzene rings is 3. The summed E-state index contributed by atoms with van der Waals surface area (Å²) in [7, 11) is 0. The Balaban J connectivity index is 2.17. The summed E-state index contributed by atoms with van der Waals surface area (Å²) in [5.74, 6) is 5.74. The van der Waals surface area contributed by atoms with Crippen LogP contribution in [0.4, 0.5) is 0 Å². The lowest BCUT2D eigenvalue weighted by Gasteiger charge is -2.36. The van der Waals surface area contributed by atoms with Crippen LogP contribution in [0.2, 0.25) is 0 Å². The van der Waals surface area contributed by atoms with E-state index in [4.69, 9.17) is 4.74 Å². The van der Waals surface area contributed by atoms with Crippen LogP contribution in [0.1, 0.15) is 25.0 Å². The Morgan fingerprint density at radius 1 is 0.962 bits per heavy atom. The molecule has 1 unspecified atom stereocenters. The normalized spacial score (nSPS) is 17.0. The molecule has 0 radical (unpaired) electrons. The van der Waals surface area contributed by atoms with Crippen molar-refractivity contribution in [3.05, 3.63) is 83.9 Å². The van der Waals surface area contributed by atoms with Gasteiger partial charge in [0.2, 0.25) is 5.60 Å². The van der Waals surface area contributed by atoms with Gasteiger partial charge in [-0.1, -0.05) is 67.2 Å². The lowest BCUT2D eigenvalue weighted by molar-refractivity contribution is -0.147. The van der Waals surface area contributed by atoms with Gasteiger partial charge < -0.3 is 4.74 Å². The van der Waals surface area contributed by atoms with Crippen LogP contribution in [0.25, 0.3) is 21.9 Å². The molecule has 1 aliphatic carbocycles. The van der Waals surface area contributed by atoms with Crippen molar-refractivity contribution in [2.75, 3.05) is 0 Å². The van der Waals surface area contributed by atoms with Gasteiger partial charge in [0, 0.05) is 16.7 Å². The Morgan fingerprint density at radius 3 is 2.35 bits per heavy atom. The quantitative estimate of drug-likeness (QED) is 0.364. The Bertz CT molecular complexity index is 1120. The number of rotatable bonds is 2. The summed E-state index contributed by atoms with van der Waals surface area (Å²) in [5, 5.41) is 2.18. The first-order valence-corrected chi connectivity index (χ1v) is 8.53. The fraction of sp³-hybridized carbons (Fsp3) is 0.125. The highest BCUT2D eigenvalue weighted by Crippen LogP contribution is 2.49. The van der Waals surface area contributed by atoms with E-state index in [2.05, 4.69) is 48.8 Å². The summed E-state index contributed by atoms with van der Waals surface area (Å²) in [6, 6.07) is 20.3. The summed E-state index contributed by atoms with van der Waals surface area (Å²) < 4.78 is 6.04. The summed E-state index contributed by atoms with van der Waals surface area (Å²) in [4.78, 5) is 12.5. The van der Waals surface area contributed by atoms with Crippen LogP contribution >= 0.6 is 0 Å². The first-order valence-electron chi connectivity index (χ1n) is 8.53. The number of carbonyl (C=O) groups is 1. The van der Waals surface area contributed by atoms with Crippen LogP contribution in [-0.4, -0.2) is 5.97 Å². The molecule has 2 heteroatoms. The van der Waals surface area contributed by atoms with E-state index in [9.17, 15) is 4.79 Å². The van der Waals surface area contributed by atoms with Crippen LogP contribution in [-0.2, 0) is 15.1 Å². The molecule has 1 aliphatic rings. The van der Waals surface area contributed by atoms with Gasteiger partial charge >= 0.3 is 5.97 Å². The van der Waals surface area contributed by atoms with Crippen LogP contribution in [0, 0.1) is 11.8 Å². The molecule has 0 heterocycles. The maximum atomic E-state index is 12.5. The minimum absolute atomic E-state index is 0.353. The third-order valence-electron chi connectivity index (χ3n) is 4.78. The molecular weight excluding hydrogens is 320 g/mol. The Labute approximate surface area is 153 Å². The van der Waals surface area contributed by atoms with Gasteiger partial charge in [-0.25, -0.2) is 4.79 Å². The van der Waals surface area contributed by atoms with Crippen LogP contribution < -0.4 is 0 Å². The monoisotopic (exact) mass is 338 g/mol. The first kappa shape index (κ1) is 16.2. The molecule has 0 aromatic heterocycles. The predicted molar refractivity (Wildman–Crippen MR) is 105 cm³/mol. The van der Waals surface area contributed by atoms with Crippen molar-refractivity contribution in [2.24, 2.45) is 0 Å². The van der Waals surface area contributed by atoms with Gasteiger partial charge in [-0.3, -0.25) is 0 Å². The van der Waals surface area contributed by atoms with Gasteiger partial charge in [-0.2, -0.15) is 0 Å². The maximum absolute atomic E-state index is 12.5. The fourth-order valence-electron chi connectivity index (χ4n) is 3.70. The second kappa shape index (κ2) is 5.89. The van der Waals surface area contributed by atoms with Crippen molar-refractivity contribution < 1.29 is 9.53 Å². The van der Waals surface area contributed by atoms with Crippen molar-refractivity contribution in [3.63, 3.8) is 0 Å². The molecule has 0 fully saturated rings. The SMILES string of the molecule is C=C(C)C(=O)OC1(C#CC)c2ccccc2-c2cccc3cccc1c23. The maximum Gasteiger partial charge on any atom is 0.335 e. The Kier molecular flexibility index (Phi) is 3.67. The number of esters is 1. The average Bonchev–Trinajstić information content (AvgIpc) is 2.66. The van der Waals surface area contributed by atoms with Crippen LogP contribution in [0.3, 0.4) is 0 Å². The van der Waals surface area contributed by atoms with E-state index < -0.39 is 11.6 Å². The molecule has 0 N–H and O–H groups in total. The van der Waals surface area contributed by atoms with E-state index >= 15 is 0 Å². The van der Waals surface area contributed by atoms with E-state index in [1.165, 1.54) is 0 Å². The standard InChI is InChI=1S/C24H18O2/c1-4-15-24(26-23(25)16(2)3)20-13-6-5-11-18(20)19-12-7-9-17-10-8-14-21(24)22(17)19/h5-14H,2H2,1,3H3. The van der Waals surface area contributed by atoms with Crippen LogP contribution in [0.5, 0.6) is 0 Å². The average molecular weight is 338 g/mol. The molecule has 2 nitrogen and oxygen atoms in total. The highest BCUT2D eigenvalue weighted by atomic mass is 16.6. The third kappa shape index (κ3) is 2.18. The molecule has 0 spiro atoms. The smallest absolute Gasteiger partial charge is 0.335 e. The molecule has 126 valence electrons. The molecule has 0 bridgehead atoms. The predicted octanol–water partition coefficient (Wildman–Crippen LogP) is 5.21. The van der Waals surface area contributed by atoms with Gasteiger partial charge in [-0.15, -0.1) is 5.92 Å². The first-order chi connectivity index (χ1) is 12.6. The second-order valence-electron chi connectivity index (χ2n) is 6.48. The molecule has 3 aromatic carbocycles. The zero-order chi connectivity index (χ0) is 18.3. The van der Waals surface area contributed by atoms with Gasteiger partial charge in [0.15, 0.2) is 0 Å². The van der Waals surface area contributed by atoms with Gasteiger partial charge in [0.1, 0.15) is 0 Å². The number of hydrogen-bond donors (Lipinski definition) is 0. The lowest BCUT2D eigenvalue weighted by Crippen LogP contribution is -2.35. The largest absolute Gasteiger partial charge is 0.434 e. The van der Waals surface area contributed by atoms with Crippen molar-refractivity contribution in [1.82, 2.24) is 0 Å². The second-order valence-corrected chi connectivity index (χ2v) is 6.48. The summed E-state index contributed by atoms with van der Waals surface area (Å²) in [5.41, 5.74) is 3.16. The molecule has 0 saturated carbocycles. The van der Waals surface area contributed by atoms with E-state index in [1.54, 1.807) is 13.8 Å². The van der Waals surface area contributed by atoms with E-state index in [1.807, 2.05) is 30.3 Å². The number of fused-ring (bicyclic) bond motifs is 2. The van der Waals surface area contributed by atoms with Gasteiger partial charge in [0.25, 0.3) is 0 Å². The van der Waals surface area contributed by atoms with E-state index in [0.717, 1.165) is 33.0 Å².